The molecule has 1 aromatic carbocycles. The van der Waals surface area contributed by atoms with E-state index in [-0.39, 0.29) is 6.61 Å². The second kappa shape index (κ2) is 16.0. The van der Waals surface area contributed by atoms with Gasteiger partial charge in [-0.15, -0.1) is 0 Å². The minimum atomic E-state index is 0.250. The first-order valence-electron chi connectivity index (χ1n) is 12.8. The summed E-state index contributed by atoms with van der Waals surface area (Å²) in [5, 5.41) is 12.0. The van der Waals surface area contributed by atoms with Crippen molar-refractivity contribution in [3.8, 4) is 22.4 Å². The Hall–Kier alpha value is -3.95. The van der Waals surface area contributed by atoms with E-state index in [1.54, 1.807) is 13.1 Å². The standard InChI is InChI=1S/C24H26N6O.C3H6O.C2H6O/c1-3-29(2)13-7-10-22-20(16-31)23(25)30-24(28-22)19(15-27-30)18-11-12-21(26-14-18)17-8-5-4-6-9-17;1-2-3-4;1-2-3/h4-6,8-9,11-12,14-16H,3,7,10,13,25H2,1-2H3;3H,2H2,1H3;3H,2H2,1H3. The first-order chi connectivity index (χ1) is 18.4. The number of nitrogen functional groups attached to an aromatic ring is 1. The van der Waals surface area contributed by atoms with Crippen LogP contribution in [0.25, 0.3) is 28.0 Å². The smallest absolute Gasteiger partial charge is 0.165 e. The van der Waals surface area contributed by atoms with Gasteiger partial charge in [-0.25, -0.2) is 4.98 Å². The third-order valence-corrected chi connectivity index (χ3v) is 5.72. The van der Waals surface area contributed by atoms with Gasteiger partial charge in [0.05, 0.1) is 23.1 Å². The van der Waals surface area contributed by atoms with E-state index in [0.29, 0.717) is 35.6 Å². The molecule has 0 saturated carbocycles. The number of aldehydes is 2. The summed E-state index contributed by atoms with van der Waals surface area (Å²) < 4.78 is 1.53. The summed E-state index contributed by atoms with van der Waals surface area (Å²) in [4.78, 5) is 32.5. The van der Waals surface area contributed by atoms with Gasteiger partial charge in [0, 0.05) is 35.9 Å². The molecule has 0 unspecified atom stereocenters. The molecule has 0 saturated heterocycles. The van der Waals surface area contributed by atoms with Gasteiger partial charge in [-0.1, -0.05) is 50.2 Å². The van der Waals surface area contributed by atoms with Crippen molar-refractivity contribution < 1.29 is 14.7 Å². The molecule has 0 aliphatic rings. The number of carbonyl (C=O) groups is 2. The van der Waals surface area contributed by atoms with E-state index in [2.05, 4.69) is 29.0 Å². The SMILES string of the molecule is CCC=O.CCN(C)CCCc1nc2c(-c3ccc(-c4ccccc4)nc3)cnn2c(N)c1C=O.CCO. The second-order valence-corrected chi connectivity index (χ2v) is 8.46. The van der Waals surface area contributed by atoms with Gasteiger partial charge >= 0.3 is 0 Å². The van der Waals surface area contributed by atoms with E-state index >= 15 is 0 Å². The van der Waals surface area contributed by atoms with Crippen LogP contribution in [0.1, 0.15) is 49.7 Å². The number of anilines is 1. The predicted octanol–water partition coefficient (Wildman–Crippen LogP) is 4.33. The van der Waals surface area contributed by atoms with Gasteiger partial charge in [0.2, 0.25) is 0 Å². The highest BCUT2D eigenvalue weighted by Crippen LogP contribution is 2.28. The van der Waals surface area contributed by atoms with Crippen LogP contribution in [0.15, 0.2) is 54.9 Å². The lowest BCUT2D eigenvalue weighted by molar-refractivity contribution is -0.107. The van der Waals surface area contributed by atoms with Crippen LogP contribution < -0.4 is 5.73 Å². The summed E-state index contributed by atoms with van der Waals surface area (Å²) in [6, 6.07) is 14.0. The van der Waals surface area contributed by atoms with Gasteiger partial charge in [-0.2, -0.15) is 9.61 Å². The molecule has 3 heterocycles. The molecule has 0 aliphatic carbocycles. The molecule has 3 N–H and O–H groups in total. The van der Waals surface area contributed by atoms with Gasteiger partial charge < -0.3 is 20.5 Å². The van der Waals surface area contributed by atoms with Crippen LogP contribution in [0.5, 0.6) is 0 Å². The molecule has 3 aromatic heterocycles. The summed E-state index contributed by atoms with van der Waals surface area (Å²) in [5.74, 6) is 0.318. The molecule has 0 bridgehead atoms. The zero-order valence-corrected chi connectivity index (χ0v) is 22.7. The van der Waals surface area contributed by atoms with E-state index < -0.39 is 0 Å². The van der Waals surface area contributed by atoms with Gasteiger partial charge in [0.15, 0.2) is 11.9 Å². The van der Waals surface area contributed by atoms with E-state index in [9.17, 15) is 9.59 Å². The molecule has 38 heavy (non-hydrogen) atoms. The number of aryl methyl sites for hydroxylation is 1. The van der Waals surface area contributed by atoms with Crippen molar-refractivity contribution in [1.82, 2.24) is 24.5 Å². The van der Waals surface area contributed by atoms with Gasteiger partial charge in [0.1, 0.15) is 12.1 Å². The van der Waals surface area contributed by atoms with Crippen LogP contribution in [0.3, 0.4) is 0 Å². The number of hydrogen-bond donors (Lipinski definition) is 2. The van der Waals surface area contributed by atoms with Crippen molar-refractivity contribution >= 4 is 24.0 Å². The summed E-state index contributed by atoms with van der Waals surface area (Å²) in [6.07, 6.45) is 7.40. The fourth-order valence-corrected chi connectivity index (χ4v) is 3.61. The lowest BCUT2D eigenvalue weighted by Crippen LogP contribution is -2.19. The maximum absolute atomic E-state index is 11.7. The zero-order valence-electron chi connectivity index (χ0n) is 22.7. The number of nitrogens with two attached hydrogens (primary N) is 1. The molecule has 0 atom stereocenters. The van der Waals surface area contributed by atoms with Crippen LogP contribution in [0.2, 0.25) is 0 Å². The third-order valence-electron chi connectivity index (χ3n) is 5.72. The first kappa shape index (κ1) is 30.3. The molecular weight excluding hydrogens is 480 g/mol. The minimum Gasteiger partial charge on any atom is -0.397 e. The Morgan fingerprint density at radius 3 is 2.26 bits per heavy atom. The molecular formula is C29H38N6O3. The van der Waals surface area contributed by atoms with Crippen molar-refractivity contribution in [2.75, 3.05) is 32.5 Å². The van der Waals surface area contributed by atoms with Gasteiger partial charge in [0.25, 0.3) is 0 Å². The molecule has 0 radical (unpaired) electrons. The Balaban J connectivity index is 0.000000650. The topological polar surface area (TPSA) is 127 Å². The average molecular weight is 519 g/mol. The molecule has 4 rings (SSSR count). The summed E-state index contributed by atoms with van der Waals surface area (Å²) in [7, 11) is 2.08. The van der Waals surface area contributed by atoms with Crippen molar-refractivity contribution in [3.05, 3.63) is 66.1 Å². The largest absolute Gasteiger partial charge is 0.397 e. The van der Waals surface area contributed by atoms with E-state index in [0.717, 1.165) is 54.5 Å². The number of aromatic nitrogens is 4. The number of aliphatic hydroxyl groups excluding tert-OH is 1. The number of hydrogen-bond acceptors (Lipinski definition) is 8. The van der Waals surface area contributed by atoms with Crippen molar-refractivity contribution in [2.45, 2.75) is 40.0 Å². The molecule has 0 fully saturated rings. The highest BCUT2D eigenvalue weighted by molar-refractivity contribution is 5.87. The lowest BCUT2D eigenvalue weighted by Gasteiger charge is -2.14. The number of fused-ring (bicyclic) bond motifs is 1. The van der Waals surface area contributed by atoms with Crippen molar-refractivity contribution in [2.24, 2.45) is 0 Å². The molecule has 0 spiro atoms. The fourth-order valence-electron chi connectivity index (χ4n) is 3.61. The molecule has 4 aromatic rings. The maximum atomic E-state index is 11.7. The highest BCUT2D eigenvalue weighted by Gasteiger charge is 2.17. The minimum absolute atomic E-state index is 0.250. The summed E-state index contributed by atoms with van der Waals surface area (Å²) in [6.45, 7) is 7.77. The molecule has 202 valence electrons. The predicted molar refractivity (Wildman–Crippen MR) is 152 cm³/mol. The number of rotatable bonds is 9. The number of carbonyl (C=O) groups excluding carboxylic acids is 2. The third kappa shape index (κ3) is 8.03. The highest BCUT2D eigenvalue weighted by atomic mass is 16.2. The Morgan fingerprint density at radius 2 is 1.71 bits per heavy atom. The van der Waals surface area contributed by atoms with Crippen LogP contribution in [-0.2, 0) is 11.2 Å². The Bertz CT molecular complexity index is 1270. The lowest BCUT2D eigenvalue weighted by atomic mass is 10.1. The van der Waals surface area contributed by atoms with Crippen molar-refractivity contribution in [3.63, 3.8) is 0 Å². The monoisotopic (exact) mass is 518 g/mol. The number of nitrogens with zero attached hydrogens (tertiary/aromatic N) is 5. The van der Waals surface area contributed by atoms with Crippen LogP contribution >= 0.6 is 0 Å². The Labute approximate surface area is 224 Å². The Kier molecular flexibility index (Phi) is 12.8. The molecule has 9 heteroatoms. The van der Waals surface area contributed by atoms with E-state index in [4.69, 9.17) is 15.8 Å². The van der Waals surface area contributed by atoms with E-state index in [1.165, 1.54) is 4.52 Å². The van der Waals surface area contributed by atoms with E-state index in [1.807, 2.05) is 55.6 Å². The summed E-state index contributed by atoms with van der Waals surface area (Å²) >= 11 is 0. The Morgan fingerprint density at radius 1 is 1.03 bits per heavy atom. The average Bonchev–Trinajstić information content (AvgIpc) is 3.38. The zero-order chi connectivity index (χ0) is 27.9. The van der Waals surface area contributed by atoms with Crippen LogP contribution in [-0.4, -0.2) is 68.9 Å². The second-order valence-electron chi connectivity index (χ2n) is 8.46. The number of aliphatic hydroxyl groups is 1. The quantitative estimate of drug-likeness (QED) is 0.314. The van der Waals surface area contributed by atoms with Gasteiger partial charge in [-0.05, 0) is 46.0 Å². The van der Waals surface area contributed by atoms with Crippen LogP contribution in [0.4, 0.5) is 5.82 Å². The molecule has 0 amide bonds. The van der Waals surface area contributed by atoms with Gasteiger partial charge in [-0.3, -0.25) is 9.78 Å². The number of benzene rings is 1. The van der Waals surface area contributed by atoms with Crippen molar-refractivity contribution in [1.29, 1.82) is 0 Å². The maximum Gasteiger partial charge on any atom is 0.165 e. The normalized spacial score (nSPS) is 10.4. The van der Waals surface area contributed by atoms with Crippen LogP contribution in [0, 0.1) is 0 Å². The summed E-state index contributed by atoms with van der Waals surface area (Å²) in [5.41, 5.74) is 11.7. The molecule has 9 nitrogen and oxygen atoms in total. The molecule has 0 aliphatic heterocycles. The number of pyridine rings is 1. The fraction of sp³-hybridized carbons (Fsp3) is 0.345. The first-order valence-corrected chi connectivity index (χ1v) is 12.8.